The molecule has 12 heteroatoms. The molecule has 2 aliphatic heterocycles. The van der Waals surface area contributed by atoms with Crippen molar-refractivity contribution in [2.75, 3.05) is 18.9 Å². The second-order valence-corrected chi connectivity index (χ2v) is 12.2. The number of rotatable bonds is 6. The van der Waals surface area contributed by atoms with Crippen LogP contribution in [0.5, 0.6) is 0 Å². The van der Waals surface area contributed by atoms with Gasteiger partial charge < -0.3 is 24.1 Å². The lowest BCUT2D eigenvalue weighted by molar-refractivity contribution is 0.101. The Morgan fingerprint density at radius 2 is 1.90 bits per heavy atom. The topological polar surface area (TPSA) is 133 Å². The number of imidazole rings is 1. The maximum absolute atomic E-state index is 13.4. The molecular formula is C36H29ClN8O3. The number of benzene rings is 3. The van der Waals surface area contributed by atoms with Gasteiger partial charge in [0.15, 0.2) is 17.3 Å². The SMILES string of the molecule is Cc1c(-c2nc3cc(CN4C=CN=CC4=C=O)cc(C#N)c3o2)cccc1-c1cccc(NC(=O)c2nc3c(n2C)CCN(C)C3)c1Cl. The van der Waals surface area contributed by atoms with Gasteiger partial charge in [-0.2, -0.15) is 5.26 Å². The number of fused-ring (bicyclic) bond motifs is 2. The van der Waals surface area contributed by atoms with Gasteiger partial charge in [0.25, 0.3) is 5.91 Å². The number of nitriles is 1. The molecule has 1 N–H and O–H groups in total. The van der Waals surface area contributed by atoms with Crippen LogP contribution < -0.4 is 5.32 Å². The molecule has 0 fully saturated rings. The summed E-state index contributed by atoms with van der Waals surface area (Å²) in [6.45, 7) is 3.88. The van der Waals surface area contributed by atoms with E-state index >= 15 is 0 Å². The van der Waals surface area contributed by atoms with Crippen LogP contribution in [0.15, 0.2) is 76.0 Å². The Hall–Kier alpha value is -5.79. The van der Waals surface area contributed by atoms with Crippen LogP contribution in [0, 0.1) is 18.3 Å². The number of aromatic nitrogens is 3. The molecule has 0 bridgehead atoms. The number of amides is 1. The predicted octanol–water partition coefficient (Wildman–Crippen LogP) is 6.04. The molecule has 0 aliphatic carbocycles. The Balaban J connectivity index is 1.20. The van der Waals surface area contributed by atoms with Gasteiger partial charge >= 0.3 is 0 Å². The first-order chi connectivity index (χ1) is 23.2. The number of halogens is 1. The summed E-state index contributed by atoms with van der Waals surface area (Å²) >= 11 is 6.96. The smallest absolute Gasteiger partial charge is 0.291 e. The van der Waals surface area contributed by atoms with Crippen LogP contribution in [-0.4, -0.2) is 56.0 Å². The third kappa shape index (κ3) is 5.48. The lowest BCUT2D eigenvalue weighted by Crippen LogP contribution is -2.27. The molecule has 11 nitrogen and oxygen atoms in total. The molecular weight excluding hydrogens is 628 g/mol. The minimum atomic E-state index is -0.332. The predicted molar refractivity (Wildman–Crippen MR) is 183 cm³/mol. The molecule has 3 aromatic carbocycles. The molecule has 48 heavy (non-hydrogen) atoms. The first-order valence-corrected chi connectivity index (χ1v) is 15.6. The maximum Gasteiger partial charge on any atom is 0.291 e. The summed E-state index contributed by atoms with van der Waals surface area (Å²) in [4.78, 5) is 42.0. The van der Waals surface area contributed by atoms with Gasteiger partial charge in [-0.15, -0.1) is 0 Å². The number of oxazole rings is 1. The number of likely N-dealkylation sites (N-methyl/N-ethyl adjacent to an activating group) is 1. The highest BCUT2D eigenvalue weighted by Crippen LogP contribution is 2.39. The zero-order valence-electron chi connectivity index (χ0n) is 26.4. The standard InChI is InChI=1S/C36H29ClN8O3/c1-21-25(27-8-5-9-28(32(27)37)41-35(47)34-40-30-19-43(2)12-10-31(30)44(34)3)6-4-7-26(21)36-42-29-15-22(14-23(16-38)33(29)48-36)18-45-13-11-39-17-24(45)20-46/h4-9,11,13-15,17H,10,12,18-19H2,1-3H3,(H,41,47). The minimum absolute atomic E-state index is 0.287. The first kappa shape index (κ1) is 30.8. The highest BCUT2D eigenvalue weighted by Gasteiger charge is 2.25. The van der Waals surface area contributed by atoms with E-state index in [1.54, 1.807) is 29.4 Å². The normalized spacial score (nSPS) is 14.2. The number of carbonyl (C=O) groups is 1. The molecule has 1 amide bonds. The molecule has 4 heterocycles. The molecule has 2 aliphatic rings. The Labute approximate surface area is 281 Å². The number of hydrogen-bond acceptors (Lipinski definition) is 9. The largest absolute Gasteiger partial charge is 0.435 e. The van der Waals surface area contributed by atoms with Gasteiger partial charge in [-0.3, -0.25) is 9.79 Å². The van der Waals surface area contributed by atoms with Crippen molar-refractivity contribution in [1.82, 2.24) is 24.3 Å². The maximum atomic E-state index is 13.4. The lowest BCUT2D eigenvalue weighted by atomic mass is 9.96. The molecule has 2 aromatic heterocycles. The molecule has 0 spiro atoms. The third-order valence-electron chi connectivity index (χ3n) is 8.72. The van der Waals surface area contributed by atoms with Gasteiger partial charge in [-0.1, -0.05) is 35.9 Å². The monoisotopic (exact) mass is 656 g/mol. The van der Waals surface area contributed by atoms with E-state index in [-0.39, 0.29) is 11.6 Å². The number of carbonyl (C=O) groups excluding carboxylic acids is 2. The Kier molecular flexibility index (Phi) is 7.99. The van der Waals surface area contributed by atoms with Gasteiger partial charge in [0.1, 0.15) is 17.3 Å². The molecule has 0 saturated heterocycles. The van der Waals surface area contributed by atoms with E-state index in [2.05, 4.69) is 26.3 Å². The van der Waals surface area contributed by atoms with Gasteiger partial charge in [0.05, 0.1) is 28.2 Å². The first-order valence-electron chi connectivity index (χ1n) is 15.2. The Bertz CT molecular complexity index is 2290. The second kappa shape index (κ2) is 12.4. The number of nitrogens with zero attached hydrogens (tertiary/aromatic N) is 7. The van der Waals surface area contributed by atoms with E-state index in [0.29, 0.717) is 52.2 Å². The van der Waals surface area contributed by atoms with Crippen LogP contribution >= 0.6 is 11.6 Å². The second-order valence-electron chi connectivity index (χ2n) is 11.8. The lowest BCUT2D eigenvalue weighted by Gasteiger charge is -2.21. The average Bonchev–Trinajstić information content (AvgIpc) is 3.66. The summed E-state index contributed by atoms with van der Waals surface area (Å²) in [5.41, 5.74) is 7.86. The van der Waals surface area contributed by atoms with E-state index < -0.39 is 0 Å². The molecule has 0 saturated carbocycles. The fourth-order valence-electron chi connectivity index (χ4n) is 6.22. The number of aliphatic imine (C=N–C) groups is 1. The number of hydrogen-bond donors (Lipinski definition) is 1. The van der Waals surface area contributed by atoms with Crippen LogP contribution in [-0.2, 0) is 31.4 Å². The Morgan fingerprint density at radius 3 is 2.71 bits per heavy atom. The summed E-state index contributed by atoms with van der Waals surface area (Å²) in [6.07, 6.45) is 5.52. The van der Waals surface area contributed by atoms with Gasteiger partial charge in [-0.25, -0.2) is 14.8 Å². The molecule has 0 atom stereocenters. The van der Waals surface area contributed by atoms with E-state index in [9.17, 15) is 14.9 Å². The van der Waals surface area contributed by atoms with Crippen molar-refractivity contribution in [2.24, 2.45) is 12.0 Å². The summed E-state index contributed by atoms with van der Waals surface area (Å²) in [5.74, 6) is 2.24. The summed E-state index contributed by atoms with van der Waals surface area (Å²) < 4.78 is 8.06. The molecule has 0 unspecified atom stereocenters. The molecule has 5 aromatic rings. The fraction of sp³-hybridized carbons (Fsp3) is 0.194. The van der Waals surface area contributed by atoms with Crippen molar-refractivity contribution in [3.8, 4) is 28.7 Å². The molecule has 7 rings (SSSR count). The van der Waals surface area contributed by atoms with E-state index in [1.807, 2.05) is 67.9 Å². The molecule has 238 valence electrons. The van der Waals surface area contributed by atoms with Crippen molar-refractivity contribution in [2.45, 2.75) is 26.4 Å². The van der Waals surface area contributed by atoms with E-state index in [0.717, 1.165) is 52.2 Å². The summed E-state index contributed by atoms with van der Waals surface area (Å²) in [5, 5.41) is 13.3. The van der Waals surface area contributed by atoms with E-state index in [4.69, 9.17) is 21.0 Å². The van der Waals surface area contributed by atoms with Crippen LogP contribution in [0.4, 0.5) is 5.69 Å². The van der Waals surface area contributed by atoms with E-state index in [1.165, 1.54) is 6.21 Å². The number of anilines is 1. The van der Waals surface area contributed by atoms with Crippen molar-refractivity contribution in [3.63, 3.8) is 0 Å². The quantitative estimate of drug-likeness (QED) is 0.219. The van der Waals surface area contributed by atoms with Crippen molar-refractivity contribution in [1.29, 1.82) is 5.26 Å². The highest BCUT2D eigenvalue weighted by atomic mass is 35.5. The average molecular weight is 657 g/mol. The van der Waals surface area contributed by atoms with Gasteiger partial charge in [0.2, 0.25) is 5.89 Å². The zero-order chi connectivity index (χ0) is 33.5. The van der Waals surface area contributed by atoms with Crippen LogP contribution in [0.2, 0.25) is 5.02 Å². The number of allylic oxidation sites excluding steroid dienone is 1. The van der Waals surface area contributed by atoms with Gasteiger partial charge in [0, 0.05) is 62.3 Å². The number of nitrogens with one attached hydrogen (secondary N) is 1. The fourth-order valence-corrected chi connectivity index (χ4v) is 6.50. The van der Waals surface area contributed by atoms with Crippen LogP contribution in [0.1, 0.15) is 38.7 Å². The summed E-state index contributed by atoms with van der Waals surface area (Å²) in [7, 11) is 3.91. The van der Waals surface area contributed by atoms with Crippen molar-refractivity contribution < 1.29 is 14.0 Å². The third-order valence-corrected chi connectivity index (χ3v) is 9.12. The summed E-state index contributed by atoms with van der Waals surface area (Å²) in [6, 6.07) is 17.0. The van der Waals surface area contributed by atoms with Crippen molar-refractivity contribution in [3.05, 3.63) is 106 Å². The highest BCUT2D eigenvalue weighted by molar-refractivity contribution is 6.36. The Morgan fingerprint density at radius 1 is 1.10 bits per heavy atom. The van der Waals surface area contributed by atoms with Gasteiger partial charge in [-0.05, 0) is 54.9 Å². The van der Waals surface area contributed by atoms with Crippen LogP contribution in [0.3, 0.4) is 0 Å². The van der Waals surface area contributed by atoms with Crippen LogP contribution in [0.25, 0.3) is 33.7 Å². The van der Waals surface area contributed by atoms with Crippen molar-refractivity contribution >= 4 is 46.5 Å². The molecule has 0 radical (unpaired) electrons. The minimum Gasteiger partial charge on any atom is -0.435 e. The zero-order valence-corrected chi connectivity index (χ0v) is 27.2.